The lowest BCUT2D eigenvalue weighted by atomic mass is 10.1. The number of para-hydroxylation sites is 3. The summed E-state index contributed by atoms with van der Waals surface area (Å²) in [6.07, 6.45) is -4.14. The van der Waals surface area contributed by atoms with Gasteiger partial charge in [0.1, 0.15) is 5.82 Å². The molecule has 2 amide bonds. The molecule has 0 unspecified atom stereocenters. The zero-order valence-electron chi connectivity index (χ0n) is 17.1. The van der Waals surface area contributed by atoms with E-state index in [0.717, 1.165) is 22.7 Å². The Hall–Kier alpha value is -3.81. The monoisotopic (exact) mass is 438 g/mol. The van der Waals surface area contributed by atoms with Gasteiger partial charge in [0.15, 0.2) is 0 Å². The fraction of sp³-hybridized carbons (Fsp3) is 0.167. The molecule has 0 radical (unpaired) electrons. The molecule has 0 aliphatic carbocycles. The van der Waals surface area contributed by atoms with Gasteiger partial charge in [-0.25, -0.2) is 9.78 Å². The maximum absolute atomic E-state index is 13.3. The molecule has 164 valence electrons. The minimum Gasteiger partial charge on any atom is -0.342 e. The number of alkyl halides is 3. The molecule has 3 aromatic carbocycles. The van der Waals surface area contributed by atoms with Crippen molar-refractivity contribution >= 4 is 22.8 Å². The van der Waals surface area contributed by atoms with Crippen molar-refractivity contribution in [3.05, 3.63) is 95.8 Å². The van der Waals surface area contributed by atoms with Gasteiger partial charge < -0.3 is 15.2 Å². The summed E-state index contributed by atoms with van der Waals surface area (Å²) in [6, 6.07) is 21.2. The number of urea groups is 1. The molecular formula is C24H21F3N4O. The molecule has 4 aromatic rings. The molecule has 0 fully saturated rings. The first kappa shape index (κ1) is 21.4. The van der Waals surface area contributed by atoms with Crippen molar-refractivity contribution in [2.75, 3.05) is 11.9 Å². The van der Waals surface area contributed by atoms with Crippen molar-refractivity contribution in [3.8, 4) is 0 Å². The van der Waals surface area contributed by atoms with Gasteiger partial charge in [0.25, 0.3) is 0 Å². The Morgan fingerprint density at radius 3 is 2.38 bits per heavy atom. The number of nitrogens with one attached hydrogen (secondary N) is 2. The van der Waals surface area contributed by atoms with Crippen LogP contribution in [0.15, 0.2) is 78.9 Å². The number of hydrogen-bond acceptors (Lipinski definition) is 2. The minimum atomic E-state index is -4.57. The van der Waals surface area contributed by atoms with Crippen molar-refractivity contribution < 1.29 is 18.0 Å². The van der Waals surface area contributed by atoms with Crippen molar-refractivity contribution in [3.63, 3.8) is 0 Å². The number of hydrogen-bond donors (Lipinski definition) is 2. The second kappa shape index (κ2) is 9.13. The van der Waals surface area contributed by atoms with E-state index in [1.165, 1.54) is 23.1 Å². The Bertz CT molecular complexity index is 1170. The summed E-state index contributed by atoms with van der Waals surface area (Å²) in [5, 5.41) is 2.44. The third kappa shape index (κ3) is 5.08. The zero-order chi connectivity index (χ0) is 22.6. The molecule has 0 saturated carbocycles. The predicted octanol–water partition coefficient (Wildman–Crippen LogP) is 5.86. The summed E-state index contributed by atoms with van der Waals surface area (Å²) in [5.74, 6) is 0.702. The van der Waals surface area contributed by atoms with Crippen molar-refractivity contribution in [2.45, 2.75) is 19.1 Å². The largest absolute Gasteiger partial charge is 0.418 e. The molecule has 0 aliphatic heterocycles. The maximum atomic E-state index is 13.3. The molecule has 0 spiro atoms. The first-order chi connectivity index (χ1) is 15.4. The number of aromatic amines is 1. The van der Waals surface area contributed by atoms with E-state index in [1.54, 1.807) is 0 Å². The Labute approximate surface area is 182 Å². The number of anilines is 1. The van der Waals surface area contributed by atoms with E-state index in [2.05, 4.69) is 15.3 Å². The highest BCUT2D eigenvalue weighted by Crippen LogP contribution is 2.34. The fourth-order valence-corrected chi connectivity index (χ4v) is 3.45. The van der Waals surface area contributed by atoms with Crippen LogP contribution >= 0.6 is 0 Å². The Morgan fingerprint density at radius 2 is 1.62 bits per heavy atom. The van der Waals surface area contributed by atoms with Crippen LogP contribution in [-0.4, -0.2) is 27.4 Å². The van der Waals surface area contributed by atoms with Crippen LogP contribution in [0.2, 0.25) is 0 Å². The molecule has 1 heterocycles. The first-order valence-corrected chi connectivity index (χ1v) is 10.1. The summed E-state index contributed by atoms with van der Waals surface area (Å²) in [4.78, 5) is 22.2. The molecule has 0 bridgehead atoms. The third-order valence-electron chi connectivity index (χ3n) is 5.03. The summed E-state index contributed by atoms with van der Waals surface area (Å²) in [5.41, 5.74) is 1.43. The third-order valence-corrected chi connectivity index (χ3v) is 5.03. The molecular weight excluding hydrogens is 417 g/mol. The van der Waals surface area contributed by atoms with E-state index >= 15 is 0 Å². The number of fused-ring (bicyclic) bond motifs is 1. The SMILES string of the molecule is O=C(Nc1ccccc1C(F)(F)F)N(CCc1nc2ccccc2[nH]1)Cc1ccccc1. The van der Waals surface area contributed by atoms with Gasteiger partial charge >= 0.3 is 12.2 Å². The van der Waals surface area contributed by atoms with Crippen molar-refractivity contribution in [1.82, 2.24) is 14.9 Å². The van der Waals surface area contributed by atoms with E-state index in [0.29, 0.717) is 12.2 Å². The van der Waals surface area contributed by atoms with Crippen LogP contribution in [0.1, 0.15) is 17.0 Å². The van der Waals surface area contributed by atoms with E-state index in [-0.39, 0.29) is 18.8 Å². The van der Waals surface area contributed by atoms with Gasteiger partial charge in [-0.3, -0.25) is 0 Å². The average molecular weight is 438 g/mol. The van der Waals surface area contributed by atoms with Crippen LogP contribution in [-0.2, 0) is 19.1 Å². The van der Waals surface area contributed by atoms with Crippen LogP contribution < -0.4 is 5.32 Å². The molecule has 4 rings (SSSR count). The van der Waals surface area contributed by atoms with Crippen molar-refractivity contribution in [1.29, 1.82) is 0 Å². The van der Waals surface area contributed by atoms with E-state index < -0.39 is 17.8 Å². The number of rotatable bonds is 6. The number of H-pyrrole nitrogens is 1. The van der Waals surface area contributed by atoms with Crippen LogP contribution in [0.4, 0.5) is 23.7 Å². The van der Waals surface area contributed by atoms with Gasteiger partial charge in [-0.1, -0.05) is 54.6 Å². The molecule has 0 atom stereocenters. The number of carbonyl (C=O) groups is 1. The van der Waals surface area contributed by atoms with E-state index in [1.807, 2.05) is 54.6 Å². The van der Waals surface area contributed by atoms with Crippen LogP contribution in [0, 0.1) is 0 Å². The maximum Gasteiger partial charge on any atom is 0.418 e. The number of halogens is 3. The molecule has 5 nitrogen and oxygen atoms in total. The summed E-state index contributed by atoms with van der Waals surface area (Å²) in [7, 11) is 0. The van der Waals surface area contributed by atoms with Crippen LogP contribution in [0.25, 0.3) is 11.0 Å². The number of nitrogens with zero attached hydrogens (tertiary/aromatic N) is 2. The van der Waals surface area contributed by atoms with E-state index in [4.69, 9.17) is 0 Å². The predicted molar refractivity (Wildman–Crippen MR) is 117 cm³/mol. The number of amides is 2. The second-order valence-electron chi connectivity index (χ2n) is 7.33. The molecule has 0 aliphatic rings. The lowest BCUT2D eigenvalue weighted by molar-refractivity contribution is -0.136. The molecule has 0 saturated heterocycles. The fourth-order valence-electron chi connectivity index (χ4n) is 3.45. The quantitative estimate of drug-likeness (QED) is 0.396. The Balaban J connectivity index is 1.54. The highest BCUT2D eigenvalue weighted by atomic mass is 19.4. The lowest BCUT2D eigenvalue weighted by Gasteiger charge is -2.24. The summed E-state index contributed by atoms with van der Waals surface area (Å²) in [6.45, 7) is 0.524. The smallest absolute Gasteiger partial charge is 0.342 e. The first-order valence-electron chi connectivity index (χ1n) is 10.1. The standard InChI is InChI=1S/C24H21F3N4O/c25-24(26,27)18-10-4-5-11-19(18)30-23(32)31(16-17-8-2-1-3-9-17)15-14-22-28-20-12-6-7-13-21(20)29-22/h1-13H,14-16H2,(H,28,29)(H,30,32). The van der Waals surface area contributed by atoms with Gasteiger partial charge in [-0.15, -0.1) is 0 Å². The van der Waals surface area contributed by atoms with Gasteiger partial charge in [0.05, 0.1) is 22.3 Å². The number of imidazole rings is 1. The second-order valence-corrected chi connectivity index (χ2v) is 7.33. The zero-order valence-corrected chi connectivity index (χ0v) is 17.1. The summed E-state index contributed by atoms with van der Waals surface area (Å²) >= 11 is 0. The number of carbonyl (C=O) groups excluding carboxylic acids is 1. The van der Waals surface area contributed by atoms with Crippen molar-refractivity contribution in [2.24, 2.45) is 0 Å². The topological polar surface area (TPSA) is 61.0 Å². The normalized spacial score (nSPS) is 11.5. The molecule has 32 heavy (non-hydrogen) atoms. The van der Waals surface area contributed by atoms with Gasteiger partial charge in [-0.05, 0) is 29.8 Å². The highest BCUT2D eigenvalue weighted by molar-refractivity contribution is 5.90. The van der Waals surface area contributed by atoms with Crippen LogP contribution in [0.5, 0.6) is 0 Å². The molecule has 1 aromatic heterocycles. The average Bonchev–Trinajstić information content (AvgIpc) is 3.20. The Morgan fingerprint density at radius 1 is 0.938 bits per heavy atom. The lowest BCUT2D eigenvalue weighted by Crippen LogP contribution is -2.36. The summed E-state index contributed by atoms with van der Waals surface area (Å²) < 4.78 is 40.0. The highest BCUT2D eigenvalue weighted by Gasteiger charge is 2.34. The minimum absolute atomic E-state index is 0.251. The van der Waals surface area contributed by atoms with Gasteiger partial charge in [-0.2, -0.15) is 13.2 Å². The number of aromatic nitrogens is 2. The number of benzene rings is 3. The van der Waals surface area contributed by atoms with Gasteiger partial charge in [0, 0.05) is 19.5 Å². The molecule has 2 N–H and O–H groups in total. The van der Waals surface area contributed by atoms with Gasteiger partial charge in [0.2, 0.25) is 0 Å². The van der Waals surface area contributed by atoms with E-state index in [9.17, 15) is 18.0 Å². The molecule has 8 heteroatoms. The van der Waals surface area contributed by atoms with Crippen LogP contribution in [0.3, 0.4) is 0 Å². The Kier molecular flexibility index (Phi) is 6.11.